The Hall–Kier alpha value is -3.35. The van der Waals surface area contributed by atoms with Crippen LogP contribution in [0.5, 0.6) is 11.5 Å². The van der Waals surface area contributed by atoms with Crippen LogP contribution < -0.4 is 4.74 Å². The minimum Gasteiger partial charge on any atom is -0.507 e. The summed E-state index contributed by atoms with van der Waals surface area (Å²) in [5, 5.41) is 20.5. The molecule has 0 spiro atoms. The van der Waals surface area contributed by atoms with Gasteiger partial charge >= 0.3 is 5.97 Å². The van der Waals surface area contributed by atoms with Gasteiger partial charge in [-0.2, -0.15) is 10.3 Å². The quantitative estimate of drug-likeness (QED) is 0.694. The van der Waals surface area contributed by atoms with Crippen LogP contribution in [0.25, 0.3) is 22.4 Å². The van der Waals surface area contributed by atoms with Crippen molar-refractivity contribution in [3.8, 4) is 33.9 Å². The summed E-state index contributed by atoms with van der Waals surface area (Å²) in [6.07, 6.45) is 0. The number of aromatic hydroxyl groups is 1. The zero-order valence-electron chi connectivity index (χ0n) is 13.8. The lowest BCUT2D eigenvalue weighted by atomic mass is 10.00. The number of benzene rings is 2. The summed E-state index contributed by atoms with van der Waals surface area (Å²) in [4.78, 5) is 12.0. The fourth-order valence-electron chi connectivity index (χ4n) is 2.45. The monoisotopic (exact) mass is 339 g/mol. The summed E-state index contributed by atoms with van der Waals surface area (Å²) in [7, 11) is 1.61. The second-order valence-corrected chi connectivity index (χ2v) is 5.20. The number of aromatic amines is 1. The number of H-pyrrole nitrogens is 1. The third-order valence-electron chi connectivity index (χ3n) is 3.69. The number of esters is 1. The Morgan fingerprint density at radius 1 is 1.12 bits per heavy atom. The first-order valence-electron chi connectivity index (χ1n) is 7.69. The van der Waals surface area contributed by atoms with Gasteiger partial charge in [0, 0.05) is 5.56 Å². The zero-order valence-corrected chi connectivity index (χ0v) is 13.8. The minimum absolute atomic E-state index is 0.00305. The smallest absolute Gasteiger partial charge is 0.361 e. The van der Waals surface area contributed by atoms with Gasteiger partial charge < -0.3 is 14.6 Å². The maximum atomic E-state index is 12.0. The number of nitrogens with zero attached hydrogens (tertiary/aromatic N) is 2. The average Bonchev–Trinajstić information content (AvgIpc) is 3.12. The predicted molar refractivity (Wildman–Crippen MR) is 91.4 cm³/mol. The summed E-state index contributed by atoms with van der Waals surface area (Å²) < 4.78 is 10.1. The third kappa shape index (κ3) is 3.30. The maximum Gasteiger partial charge on any atom is 0.361 e. The van der Waals surface area contributed by atoms with E-state index in [4.69, 9.17) is 9.47 Å². The molecule has 0 radical (unpaired) electrons. The first kappa shape index (κ1) is 16.5. The van der Waals surface area contributed by atoms with Gasteiger partial charge in [0.1, 0.15) is 17.2 Å². The molecule has 0 aliphatic carbocycles. The molecule has 2 N–H and O–H groups in total. The lowest BCUT2D eigenvalue weighted by Gasteiger charge is -2.08. The Kier molecular flexibility index (Phi) is 4.65. The van der Waals surface area contributed by atoms with Gasteiger partial charge in [-0.05, 0) is 42.3 Å². The molecule has 0 fully saturated rings. The largest absolute Gasteiger partial charge is 0.507 e. The first-order chi connectivity index (χ1) is 12.1. The number of aromatic nitrogens is 3. The highest BCUT2D eigenvalue weighted by Crippen LogP contribution is 2.34. The number of methoxy groups -OCH3 is 1. The number of carbonyl (C=O) groups excluding carboxylic acids is 1. The number of carbonyl (C=O) groups is 1. The van der Waals surface area contributed by atoms with E-state index in [-0.39, 0.29) is 23.7 Å². The molecule has 0 amide bonds. The molecule has 0 aliphatic heterocycles. The maximum absolute atomic E-state index is 12.0. The Morgan fingerprint density at radius 3 is 2.52 bits per heavy atom. The summed E-state index contributed by atoms with van der Waals surface area (Å²) >= 11 is 0. The van der Waals surface area contributed by atoms with Crippen LogP contribution in [-0.2, 0) is 4.74 Å². The zero-order chi connectivity index (χ0) is 17.8. The Labute approximate surface area is 144 Å². The van der Waals surface area contributed by atoms with Crippen molar-refractivity contribution < 1.29 is 19.4 Å². The molecule has 0 saturated carbocycles. The molecule has 0 saturated heterocycles. The third-order valence-corrected chi connectivity index (χ3v) is 3.69. The van der Waals surface area contributed by atoms with Crippen molar-refractivity contribution >= 4 is 5.97 Å². The lowest BCUT2D eigenvalue weighted by Crippen LogP contribution is -2.06. The Morgan fingerprint density at radius 2 is 1.84 bits per heavy atom. The van der Waals surface area contributed by atoms with E-state index in [2.05, 4.69) is 15.4 Å². The fraction of sp³-hybridized carbons (Fsp3) is 0.167. The average molecular weight is 339 g/mol. The first-order valence-corrected chi connectivity index (χ1v) is 7.69. The highest BCUT2D eigenvalue weighted by molar-refractivity contribution is 5.95. The molecular weight excluding hydrogens is 322 g/mol. The molecule has 0 unspecified atom stereocenters. The molecule has 7 heteroatoms. The Bertz CT molecular complexity index is 888. The molecule has 7 nitrogen and oxygen atoms in total. The molecule has 1 aromatic heterocycles. The van der Waals surface area contributed by atoms with Gasteiger partial charge in [0.25, 0.3) is 0 Å². The van der Waals surface area contributed by atoms with Crippen molar-refractivity contribution in [1.29, 1.82) is 0 Å². The van der Waals surface area contributed by atoms with E-state index < -0.39 is 5.97 Å². The standard InChI is InChI=1S/C18H17N3O4/c1-3-25-18(23)17-16(19-21-20-17)14-10-12(6-9-15(14)22)11-4-7-13(24-2)8-5-11/h4-10,22H,3H2,1-2H3,(H,19,20,21). The Balaban J connectivity index is 2.03. The van der Waals surface area contributed by atoms with Crippen molar-refractivity contribution in [2.45, 2.75) is 6.92 Å². The van der Waals surface area contributed by atoms with Crippen LogP contribution in [0.3, 0.4) is 0 Å². The number of phenolic OH excluding ortho intramolecular Hbond substituents is 1. The van der Waals surface area contributed by atoms with Crippen LogP contribution in [0.2, 0.25) is 0 Å². The van der Waals surface area contributed by atoms with Gasteiger partial charge in [-0.3, -0.25) is 0 Å². The van der Waals surface area contributed by atoms with E-state index in [1.54, 1.807) is 32.2 Å². The van der Waals surface area contributed by atoms with E-state index in [0.29, 0.717) is 5.56 Å². The van der Waals surface area contributed by atoms with Gasteiger partial charge in [-0.25, -0.2) is 4.79 Å². The number of hydrogen-bond donors (Lipinski definition) is 2. The molecular formula is C18H17N3O4. The molecule has 2 aromatic carbocycles. The van der Waals surface area contributed by atoms with Crippen molar-refractivity contribution in [3.63, 3.8) is 0 Å². The van der Waals surface area contributed by atoms with E-state index >= 15 is 0 Å². The van der Waals surface area contributed by atoms with E-state index in [0.717, 1.165) is 16.9 Å². The molecule has 0 aliphatic rings. The summed E-state index contributed by atoms with van der Waals surface area (Å²) in [6.45, 7) is 1.93. The van der Waals surface area contributed by atoms with Crippen LogP contribution in [-0.4, -0.2) is 40.2 Å². The second kappa shape index (κ2) is 7.04. The van der Waals surface area contributed by atoms with E-state index in [1.807, 2.05) is 24.3 Å². The van der Waals surface area contributed by atoms with Crippen molar-refractivity contribution in [1.82, 2.24) is 15.4 Å². The molecule has 1 heterocycles. The number of ether oxygens (including phenoxy) is 2. The van der Waals surface area contributed by atoms with Crippen LogP contribution >= 0.6 is 0 Å². The normalized spacial score (nSPS) is 10.5. The van der Waals surface area contributed by atoms with Gasteiger partial charge in [0.15, 0.2) is 5.69 Å². The van der Waals surface area contributed by atoms with Gasteiger partial charge in [0.05, 0.1) is 13.7 Å². The number of nitrogens with one attached hydrogen (secondary N) is 1. The lowest BCUT2D eigenvalue weighted by molar-refractivity contribution is 0.0520. The molecule has 128 valence electrons. The van der Waals surface area contributed by atoms with Crippen LogP contribution in [0.15, 0.2) is 42.5 Å². The predicted octanol–water partition coefficient (Wildman–Crippen LogP) is 3.03. The van der Waals surface area contributed by atoms with Crippen molar-refractivity contribution in [2.24, 2.45) is 0 Å². The van der Waals surface area contributed by atoms with Gasteiger partial charge in [-0.15, -0.1) is 5.10 Å². The van der Waals surface area contributed by atoms with Crippen LogP contribution in [0.4, 0.5) is 0 Å². The highest BCUT2D eigenvalue weighted by Gasteiger charge is 2.21. The molecule has 3 aromatic rings. The highest BCUT2D eigenvalue weighted by atomic mass is 16.5. The van der Waals surface area contributed by atoms with Crippen molar-refractivity contribution in [3.05, 3.63) is 48.2 Å². The van der Waals surface area contributed by atoms with Crippen molar-refractivity contribution in [2.75, 3.05) is 13.7 Å². The second-order valence-electron chi connectivity index (χ2n) is 5.20. The van der Waals surface area contributed by atoms with E-state index in [1.165, 1.54) is 0 Å². The topological polar surface area (TPSA) is 97.3 Å². The number of rotatable bonds is 5. The summed E-state index contributed by atoms with van der Waals surface area (Å²) in [6, 6.07) is 12.6. The molecule has 3 rings (SSSR count). The van der Waals surface area contributed by atoms with E-state index in [9.17, 15) is 9.90 Å². The SMILES string of the molecule is CCOC(=O)c1n[nH]nc1-c1cc(-c2ccc(OC)cc2)ccc1O. The summed E-state index contributed by atoms with van der Waals surface area (Å²) in [5.41, 5.74) is 2.46. The molecule has 25 heavy (non-hydrogen) atoms. The van der Waals surface area contributed by atoms with Gasteiger partial charge in [0.2, 0.25) is 0 Å². The minimum atomic E-state index is -0.597. The van der Waals surface area contributed by atoms with Crippen LogP contribution in [0, 0.1) is 0 Å². The molecule has 0 atom stereocenters. The van der Waals surface area contributed by atoms with Crippen LogP contribution in [0.1, 0.15) is 17.4 Å². The number of phenols is 1. The summed E-state index contributed by atoms with van der Waals surface area (Å²) in [5.74, 6) is 0.154. The number of hydrogen-bond acceptors (Lipinski definition) is 6. The van der Waals surface area contributed by atoms with Gasteiger partial charge in [-0.1, -0.05) is 18.2 Å². The molecule has 0 bridgehead atoms. The fourth-order valence-corrected chi connectivity index (χ4v) is 2.45.